The van der Waals surface area contributed by atoms with Gasteiger partial charge in [0.15, 0.2) is 5.69 Å². The zero-order valence-electron chi connectivity index (χ0n) is 10.6. The predicted octanol–water partition coefficient (Wildman–Crippen LogP) is -0.572. The van der Waals surface area contributed by atoms with E-state index in [1.54, 1.807) is 19.1 Å². The van der Waals surface area contributed by atoms with Crippen LogP contribution in [0.5, 0.6) is 0 Å². The number of nitrogen functional groups attached to an aromatic ring is 1. The van der Waals surface area contributed by atoms with Crippen LogP contribution in [0.1, 0.15) is 13.3 Å². The van der Waals surface area contributed by atoms with Gasteiger partial charge in [0.2, 0.25) is 0 Å². The molecule has 3 N–H and O–H groups in total. The Morgan fingerprint density at radius 2 is 1.94 bits per heavy atom. The second-order valence-electron chi connectivity index (χ2n) is 4.06. The Morgan fingerprint density at radius 1 is 1.35 bits per heavy atom. The van der Waals surface area contributed by atoms with E-state index in [4.69, 9.17) is 5.73 Å². The molecule has 0 bridgehead atoms. The molecular weight excluding hydrogens is 222 g/mol. The first kappa shape index (κ1) is 13.3. The number of nitrogens with zero attached hydrogens (tertiary/aromatic N) is 3. The first-order chi connectivity index (χ1) is 7.90. The monoisotopic (exact) mass is 241 g/mol. The van der Waals surface area contributed by atoms with Crippen LogP contribution in [-0.4, -0.2) is 28.2 Å². The molecule has 0 unspecified atom stereocenters. The first-order valence-electron chi connectivity index (χ1n) is 5.43. The van der Waals surface area contributed by atoms with E-state index < -0.39 is 11.2 Å². The van der Waals surface area contributed by atoms with Crippen LogP contribution < -0.4 is 22.4 Å². The molecule has 0 aliphatic carbocycles. The average molecular weight is 241 g/mol. The number of aromatic nitrogens is 2. The third kappa shape index (κ3) is 2.50. The molecule has 0 radical (unpaired) electrons. The SMILES string of the molecule is CCCn1c(N)c(NN(C)C)c(=O)n(C)c1=O. The molecule has 0 saturated carbocycles. The van der Waals surface area contributed by atoms with Crippen molar-refractivity contribution < 1.29 is 0 Å². The summed E-state index contributed by atoms with van der Waals surface area (Å²) in [5.41, 5.74) is 8.09. The van der Waals surface area contributed by atoms with Crippen LogP contribution in [0.2, 0.25) is 0 Å². The smallest absolute Gasteiger partial charge is 0.332 e. The summed E-state index contributed by atoms with van der Waals surface area (Å²) in [6.07, 6.45) is 0.768. The van der Waals surface area contributed by atoms with Crippen molar-refractivity contribution in [1.29, 1.82) is 0 Å². The van der Waals surface area contributed by atoms with Gasteiger partial charge in [-0.25, -0.2) is 9.80 Å². The van der Waals surface area contributed by atoms with Crippen molar-refractivity contribution in [2.24, 2.45) is 7.05 Å². The van der Waals surface area contributed by atoms with Gasteiger partial charge in [0.1, 0.15) is 5.82 Å². The molecule has 17 heavy (non-hydrogen) atoms. The van der Waals surface area contributed by atoms with Gasteiger partial charge in [-0.05, 0) is 6.42 Å². The molecule has 0 atom stereocenters. The summed E-state index contributed by atoms with van der Waals surface area (Å²) in [7, 11) is 4.93. The van der Waals surface area contributed by atoms with E-state index in [1.165, 1.54) is 11.6 Å². The van der Waals surface area contributed by atoms with Gasteiger partial charge in [0.25, 0.3) is 5.56 Å². The van der Waals surface area contributed by atoms with Crippen LogP contribution in [0.25, 0.3) is 0 Å². The second kappa shape index (κ2) is 5.05. The number of rotatable bonds is 4. The molecule has 0 saturated heterocycles. The van der Waals surface area contributed by atoms with Gasteiger partial charge in [-0.1, -0.05) is 6.92 Å². The Morgan fingerprint density at radius 3 is 2.41 bits per heavy atom. The fraction of sp³-hybridized carbons (Fsp3) is 0.600. The van der Waals surface area contributed by atoms with Crippen molar-refractivity contribution in [3.8, 4) is 0 Å². The van der Waals surface area contributed by atoms with E-state index >= 15 is 0 Å². The van der Waals surface area contributed by atoms with Crippen molar-refractivity contribution in [1.82, 2.24) is 14.1 Å². The Kier molecular flexibility index (Phi) is 3.95. The number of hydrogen-bond acceptors (Lipinski definition) is 5. The van der Waals surface area contributed by atoms with Crippen LogP contribution in [0, 0.1) is 0 Å². The van der Waals surface area contributed by atoms with E-state index in [0.29, 0.717) is 6.54 Å². The van der Waals surface area contributed by atoms with Crippen molar-refractivity contribution in [3.05, 3.63) is 20.8 Å². The maximum Gasteiger partial charge on any atom is 0.332 e. The van der Waals surface area contributed by atoms with Gasteiger partial charge in [0.05, 0.1) is 0 Å². The van der Waals surface area contributed by atoms with Gasteiger partial charge >= 0.3 is 5.69 Å². The summed E-state index contributed by atoms with van der Waals surface area (Å²) in [5, 5.41) is 1.61. The zero-order chi connectivity index (χ0) is 13.2. The molecule has 96 valence electrons. The molecule has 0 aliphatic heterocycles. The molecular formula is C10H19N5O2. The van der Waals surface area contributed by atoms with E-state index in [9.17, 15) is 9.59 Å². The van der Waals surface area contributed by atoms with Crippen LogP contribution in [0.3, 0.4) is 0 Å². The van der Waals surface area contributed by atoms with E-state index in [1.807, 2.05) is 6.92 Å². The van der Waals surface area contributed by atoms with Gasteiger partial charge in [-0.2, -0.15) is 0 Å². The summed E-state index contributed by atoms with van der Waals surface area (Å²) >= 11 is 0. The lowest BCUT2D eigenvalue weighted by atomic mass is 10.4. The second-order valence-corrected chi connectivity index (χ2v) is 4.06. The maximum absolute atomic E-state index is 11.9. The molecule has 7 heteroatoms. The summed E-state index contributed by atoms with van der Waals surface area (Å²) in [5.74, 6) is 0.175. The predicted molar refractivity (Wildman–Crippen MR) is 68.0 cm³/mol. The number of nitrogens with two attached hydrogens (primary N) is 1. The Balaban J connectivity index is 3.50. The van der Waals surface area contributed by atoms with Gasteiger partial charge < -0.3 is 11.2 Å². The van der Waals surface area contributed by atoms with Gasteiger partial charge in [-0.3, -0.25) is 13.9 Å². The van der Waals surface area contributed by atoms with Gasteiger partial charge in [0, 0.05) is 27.7 Å². The highest BCUT2D eigenvalue weighted by Crippen LogP contribution is 2.10. The van der Waals surface area contributed by atoms with Crippen molar-refractivity contribution in [3.63, 3.8) is 0 Å². The average Bonchev–Trinajstić information content (AvgIpc) is 2.27. The minimum atomic E-state index is -0.423. The zero-order valence-corrected chi connectivity index (χ0v) is 10.6. The Bertz CT molecular complexity index is 515. The molecule has 0 spiro atoms. The molecule has 0 aromatic carbocycles. The van der Waals surface area contributed by atoms with E-state index in [0.717, 1.165) is 11.0 Å². The van der Waals surface area contributed by atoms with Crippen LogP contribution in [0.15, 0.2) is 9.59 Å². The van der Waals surface area contributed by atoms with E-state index in [-0.39, 0.29) is 11.5 Å². The highest BCUT2D eigenvalue weighted by Gasteiger charge is 2.14. The Hall–Kier alpha value is -1.76. The fourth-order valence-electron chi connectivity index (χ4n) is 1.55. The summed E-state index contributed by atoms with van der Waals surface area (Å²) in [4.78, 5) is 23.7. The highest BCUT2D eigenvalue weighted by atomic mass is 16.2. The van der Waals surface area contributed by atoms with Crippen molar-refractivity contribution in [2.75, 3.05) is 25.3 Å². The third-order valence-corrected chi connectivity index (χ3v) is 2.37. The number of anilines is 2. The van der Waals surface area contributed by atoms with Crippen LogP contribution in [-0.2, 0) is 13.6 Å². The number of hydrogen-bond donors (Lipinski definition) is 2. The van der Waals surface area contributed by atoms with Crippen molar-refractivity contribution >= 4 is 11.5 Å². The largest absolute Gasteiger partial charge is 0.383 e. The lowest BCUT2D eigenvalue weighted by Gasteiger charge is -2.18. The minimum Gasteiger partial charge on any atom is -0.383 e. The molecule has 0 fully saturated rings. The Labute approximate surface area is 99.4 Å². The molecule has 1 heterocycles. The maximum atomic E-state index is 11.9. The standard InChI is InChI=1S/C10H19N5O2/c1-5-6-15-8(11)7(12-13(2)3)9(16)14(4)10(15)17/h12H,5-6,11H2,1-4H3. The minimum absolute atomic E-state index is 0.175. The fourth-order valence-corrected chi connectivity index (χ4v) is 1.55. The third-order valence-electron chi connectivity index (χ3n) is 2.37. The number of hydrazine groups is 1. The highest BCUT2D eigenvalue weighted by molar-refractivity contribution is 5.59. The van der Waals surface area contributed by atoms with Crippen molar-refractivity contribution in [2.45, 2.75) is 19.9 Å². The number of nitrogens with one attached hydrogen (secondary N) is 1. The van der Waals surface area contributed by atoms with Crippen LogP contribution in [0.4, 0.5) is 11.5 Å². The first-order valence-corrected chi connectivity index (χ1v) is 5.43. The summed E-state index contributed by atoms with van der Waals surface area (Å²) in [6, 6.07) is 0. The van der Waals surface area contributed by atoms with Crippen LogP contribution >= 0.6 is 0 Å². The normalized spacial score (nSPS) is 10.9. The lowest BCUT2D eigenvalue weighted by Crippen LogP contribution is -2.42. The lowest BCUT2D eigenvalue weighted by molar-refractivity contribution is 0.489. The molecule has 1 aromatic heterocycles. The summed E-state index contributed by atoms with van der Waals surface area (Å²) < 4.78 is 2.45. The van der Waals surface area contributed by atoms with E-state index in [2.05, 4.69) is 5.43 Å². The molecule has 1 rings (SSSR count). The quantitative estimate of drug-likeness (QED) is 0.689. The molecule has 0 aliphatic rings. The molecule has 7 nitrogen and oxygen atoms in total. The topological polar surface area (TPSA) is 85.3 Å². The van der Waals surface area contributed by atoms with Gasteiger partial charge in [-0.15, -0.1) is 0 Å². The molecule has 0 amide bonds. The molecule has 1 aromatic rings. The summed E-state index contributed by atoms with van der Waals surface area (Å²) in [6.45, 7) is 2.43.